The van der Waals surface area contributed by atoms with E-state index in [1.165, 1.54) is 5.56 Å². The van der Waals surface area contributed by atoms with E-state index in [4.69, 9.17) is 11.5 Å². The molecule has 0 aliphatic carbocycles. The molecule has 0 bridgehead atoms. The van der Waals surface area contributed by atoms with Gasteiger partial charge in [0.1, 0.15) is 0 Å². The second-order valence-electron chi connectivity index (χ2n) is 6.17. The first-order valence-electron chi connectivity index (χ1n) is 7.49. The highest BCUT2D eigenvalue weighted by molar-refractivity contribution is 5.79. The minimum atomic E-state index is -1.04. The molecule has 120 valence electrons. The number of aromatic nitrogens is 1. The number of nitrogens with zero attached hydrogens (tertiary/aromatic N) is 4. The van der Waals surface area contributed by atoms with Gasteiger partial charge in [-0.15, -0.1) is 0 Å². The van der Waals surface area contributed by atoms with Crippen molar-refractivity contribution in [1.82, 2.24) is 25.6 Å². The van der Waals surface area contributed by atoms with Crippen LogP contribution in [0.5, 0.6) is 0 Å². The van der Waals surface area contributed by atoms with E-state index in [9.17, 15) is 0 Å². The minimum Gasteiger partial charge on any atom is -0.369 e. The fraction of sp³-hybridized carbons (Fsp3) is 0.571. The summed E-state index contributed by atoms with van der Waals surface area (Å²) in [5.74, 6) is -0.759. The topological polar surface area (TPSA) is 108 Å². The Labute approximate surface area is 130 Å². The molecular weight excluding hydrogens is 280 g/mol. The highest BCUT2D eigenvalue weighted by Gasteiger charge is 2.33. The first-order chi connectivity index (χ1) is 10.5. The second-order valence-corrected chi connectivity index (χ2v) is 6.17. The number of pyridine rings is 1. The number of hydrogen-bond acceptors (Lipinski definition) is 8. The molecule has 6 N–H and O–H groups in total. The quantitative estimate of drug-likeness (QED) is 0.536. The number of fused-ring (bicyclic) bond motifs is 1. The Bertz CT molecular complexity index is 584. The molecule has 0 amide bonds. The molecule has 0 saturated carbocycles. The lowest BCUT2D eigenvalue weighted by Crippen LogP contribution is -2.50. The average Bonchev–Trinajstić information content (AvgIpc) is 2.85. The lowest BCUT2D eigenvalue weighted by atomic mass is 10.0. The molecule has 1 atom stereocenters. The van der Waals surface area contributed by atoms with Crippen molar-refractivity contribution in [2.24, 2.45) is 16.5 Å². The summed E-state index contributed by atoms with van der Waals surface area (Å²) in [4.78, 5) is 13.4. The van der Waals surface area contributed by atoms with Gasteiger partial charge in [-0.25, -0.2) is 4.99 Å². The Morgan fingerprint density at radius 1 is 1.45 bits per heavy atom. The van der Waals surface area contributed by atoms with Crippen LogP contribution in [0.15, 0.2) is 17.3 Å². The van der Waals surface area contributed by atoms with Gasteiger partial charge >= 0.3 is 0 Å². The third-order valence-electron chi connectivity index (χ3n) is 4.10. The summed E-state index contributed by atoms with van der Waals surface area (Å²) in [6, 6.07) is 2.08. The Kier molecular flexibility index (Phi) is 4.00. The maximum Gasteiger partial charge on any atom is 0.210 e. The van der Waals surface area contributed by atoms with Crippen molar-refractivity contribution in [1.29, 1.82) is 0 Å². The number of hydrogen-bond donors (Lipinski definition) is 4. The average molecular weight is 304 g/mol. The van der Waals surface area contributed by atoms with E-state index >= 15 is 0 Å². The lowest BCUT2D eigenvalue weighted by molar-refractivity contribution is 0.223. The number of aliphatic imine (C=N–C) groups is 1. The first kappa shape index (κ1) is 15.2. The molecule has 3 rings (SSSR count). The van der Waals surface area contributed by atoms with Crippen LogP contribution in [0.2, 0.25) is 0 Å². The molecule has 0 fully saturated rings. The van der Waals surface area contributed by atoms with Crippen LogP contribution in [0.4, 0.5) is 0 Å². The zero-order valence-electron chi connectivity index (χ0n) is 13.1. The number of likely N-dealkylation sites (N-methyl/N-ethyl adjacent to an activating group) is 1. The fourth-order valence-corrected chi connectivity index (χ4v) is 2.77. The highest BCUT2D eigenvalue weighted by atomic mass is 15.6. The molecule has 2 aliphatic rings. The van der Waals surface area contributed by atoms with Crippen molar-refractivity contribution in [3.63, 3.8) is 0 Å². The van der Waals surface area contributed by atoms with Gasteiger partial charge < -0.3 is 10.6 Å². The van der Waals surface area contributed by atoms with Gasteiger partial charge in [0, 0.05) is 50.1 Å². The van der Waals surface area contributed by atoms with E-state index in [1.807, 2.05) is 0 Å². The Morgan fingerprint density at radius 3 is 2.95 bits per heavy atom. The molecule has 0 aromatic carbocycles. The smallest absolute Gasteiger partial charge is 0.210 e. The Balaban J connectivity index is 1.77. The van der Waals surface area contributed by atoms with Gasteiger partial charge in [0.15, 0.2) is 0 Å². The van der Waals surface area contributed by atoms with E-state index in [2.05, 4.69) is 50.8 Å². The molecular formula is C14H24N8. The van der Waals surface area contributed by atoms with Crippen LogP contribution < -0.4 is 22.3 Å². The highest BCUT2D eigenvalue weighted by Crippen LogP contribution is 2.24. The van der Waals surface area contributed by atoms with Gasteiger partial charge in [0.25, 0.3) is 0 Å². The lowest BCUT2D eigenvalue weighted by Gasteiger charge is -2.30. The molecule has 8 nitrogen and oxygen atoms in total. The van der Waals surface area contributed by atoms with Crippen molar-refractivity contribution < 1.29 is 0 Å². The van der Waals surface area contributed by atoms with Gasteiger partial charge in [-0.3, -0.25) is 21.0 Å². The molecule has 22 heavy (non-hydrogen) atoms. The predicted octanol–water partition coefficient (Wildman–Crippen LogP) is -1.51. The van der Waals surface area contributed by atoms with Gasteiger partial charge in [-0.1, -0.05) is 0 Å². The summed E-state index contributed by atoms with van der Waals surface area (Å²) in [6.07, 6.45) is 2.75. The summed E-state index contributed by atoms with van der Waals surface area (Å²) in [5.41, 5.74) is 20.7. The monoisotopic (exact) mass is 304 g/mol. The number of guanidine groups is 1. The number of nitrogens with one attached hydrogen (secondary N) is 2. The molecule has 2 aliphatic heterocycles. The number of rotatable bonds is 4. The Hall–Kier alpha value is -1.74. The van der Waals surface area contributed by atoms with Crippen LogP contribution in [0, 0.1) is 0 Å². The largest absolute Gasteiger partial charge is 0.369 e. The molecule has 0 saturated heterocycles. The third-order valence-corrected chi connectivity index (χ3v) is 4.10. The zero-order chi connectivity index (χ0) is 15.7. The summed E-state index contributed by atoms with van der Waals surface area (Å²) in [6.45, 7) is 4.05. The summed E-state index contributed by atoms with van der Waals surface area (Å²) < 4.78 is 0. The van der Waals surface area contributed by atoms with Crippen LogP contribution in [0.3, 0.4) is 0 Å². The second kappa shape index (κ2) is 5.81. The van der Waals surface area contributed by atoms with Crippen molar-refractivity contribution in [2.75, 3.05) is 33.7 Å². The van der Waals surface area contributed by atoms with Gasteiger partial charge in [0.2, 0.25) is 11.7 Å². The molecule has 1 unspecified atom stereocenters. The minimum absolute atomic E-state index is 0.285. The van der Waals surface area contributed by atoms with Crippen LogP contribution in [0.1, 0.15) is 16.8 Å². The summed E-state index contributed by atoms with van der Waals surface area (Å²) in [5, 5.41) is 0. The molecule has 1 aromatic rings. The zero-order valence-corrected chi connectivity index (χ0v) is 13.1. The van der Waals surface area contributed by atoms with E-state index in [1.54, 1.807) is 6.20 Å². The van der Waals surface area contributed by atoms with Gasteiger partial charge in [-0.05, 0) is 25.7 Å². The van der Waals surface area contributed by atoms with Crippen molar-refractivity contribution in [3.05, 3.63) is 29.1 Å². The molecule has 0 spiro atoms. The van der Waals surface area contributed by atoms with E-state index < -0.39 is 5.79 Å². The van der Waals surface area contributed by atoms with Crippen LogP contribution in [-0.4, -0.2) is 54.5 Å². The predicted molar refractivity (Wildman–Crippen MR) is 85.5 cm³/mol. The third kappa shape index (κ3) is 3.05. The standard InChI is InChI=1S/C14H24N8/c1-21(2)5-6-22-4-3-12-10(9-22)7-11(8-17-12)14(16)18-13(15)19-20-14/h7-8,20H,3-6,9,16H2,1-2H3,(H3,15,18,19). The maximum atomic E-state index is 6.24. The van der Waals surface area contributed by atoms with E-state index in [0.717, 1.165) is 43.9 Å². The summed E-state index contributed by atoms with van der Waals surface area (Å²) >= 11 is 0. The van der Waals surface area contributed by atoms with Crippen LogP contribution in [-0.2, 0) is 18.8 Å². The number of hydrazine groups is 1. The van der Waals surface area contributed by atoms with Gasteiger partial charge in [0.05, 0.1) is 0 Å². The van der Waals surface area contributed by atoms with Crippen LogP contribution >= 0.6 is 0 Å². The SMILES string of the molecule is CN(C)CCN1CCc2ncc(C3(N)N=C(N)NN3)cc2C1. The maximum absolute atomic E-state index is 6.24. The van der Waals surface area contributed by atoms with Crippen molar-refractivity contribution in [3.8, 4) is 0 Å². The molecule has 1 aromatic heterocycles. The molecule has 8 heteroatoms. The molecule has 0 radical (unpaired) electrons. The van der Waals surface area contributed by atoms with E-state index in [0.29, 0.717) is 0 Å². The fourth-order valence-electron chi connectivity index (χ4n) is 2.77. The normalized spacial score (nSPS) is 25.0. The van der Waals surface area contributed by atoms with Crippen molar-refractivity contribution >= 4 is 5.96 Å². The first-order valence-corrected chi connectivity index (χ1v) is 7.49. The Morgan fingerprint density at radius 2 is 2.27 bits per heavy atom. The van der Waals surface area contributed by atoms with E-state index in [-0.39, 0.29) is 5.96 Å². The van der Waals surface area contributed by atoms with Gasteiger partial charge in [-0.2, -0.15) is 5.43 Å². The van der Waals surface area contributed by atoms with Crippen LogP contribution in [0.25, 0.3) is 0 Å². The molecule has 3 heterocycles. The summed E-state index contributed by atoms with van der Waals surface area (Å²) in [7, 11) is 4.19. The van der Waals surface area contributed by atoms with Crippen molar-refractivity contribution in [2.45, 2.75) is 18.8 Å². The number of nitrogens with two attached hydrogens (primary N) is 2.